The third kappa shape index (κ3) is 2.12. The third-order valence-electron chi connectivity index (χ3n) is 5.17. The van der Waals surface area contributed by atoms with Crippen molar-refractivity contribution in [3.05, 3.63) is 34.1 Å². The van der Waals surface area contributed by atoms with Crippen LogP contribution in [0, 0.1) is 18.8 Å². The second kappa shape index (κ2) is 4.92. The van der Waals surface area contributed by atoms with Gasteiger partial charge in [-0.05, 0) is 31.2 Å². The number of nitrogens with one attached hydrogen (secondary N) is 2. The number of hydrogen-bond acceptors (Lipinski definition) is 5. The van der Waals surface area contributed by atoms with Crippen LogP contribution in [0.1, 0.15) is 24.0 Å². The van der Waals surface area contributed by atoms with E-state index in [4.69, 9.17) is 0 Å². The number of carbonyl (C=O) groups is 1. The van der Waals surface area contributed by atoms with Crippen molar-refractivity contribution < 1.29 is 9.90 Å². The molecule has 1 saturated carbocycles. The van der Waals surface area contributed by atoms with Gasteiger partial charge in [-0.3, -0.25) is 14.8 Å². The van der Waals surface area contributed by atoms with Crippen LogP contribution in [0.4, 0.5) is 4.79 Å². The minimum Gasteiger partial charge on any atom is -0.465 e. The molecule has 0 unspecified atom stereocenters. The van der Waals surface area contributed by atoms with E-state index in [-0.39, 0.29) is 17.5 Å². The number of aryl methyl sites for hydroxylation is 1. The van der Waals surface area contributed by atoms with E-state index in [9.17, 15) is 14.7 Å². The SMILES string of the molecule is Cc1[nH]ncc1-c1cc2nc([C@H]3[C@H]4C[C@H]4CN3C(=O)O)[nH]c(=O)c2s1. The predicted molar refractivity (Wildman–Crippen MR) is 91.6 cm³/mol. The lowest BCUT2D eigenvalue weighted by Gasteiger charge is -2.23. The van der Waals surface area contributed by atoms with Gasteiger partial charge in [-0.1, -0.05) is 0 Å². The van der Waals surface area contributed by atoms with Gasteiger partial charge in [0.15, 0.2) is 0 Å². The Morgan fingerprint density at radius 1 is 1.48 bits per heavy atom. The van der Waals surface area contributed by atoms with Gasteiger partial charge in [0.2, 0.25) is 0 Å². The van der Waals surface area contributed by atoms with Crippen LogP contribution in [0.2, 0.25) is 0 Å². The highest BCUT2D eigenvalue weighted by Crippen LogP contribution is 2.55. The highest BCUT2D eigenvalue weighted by atomic mass is 32.1. The van der Waals surface area contributed by atoms with E-state index in [0.29, 0.717) is 28.5 Å². The van der Waals surface area contributed by atoms with E-state index in [1.165, 1.54) is 16.2 Å². The van der Waals surface area contributed by atoms with E-state index >= 15 is 0 Å². The average Bonchev–Trinajstić information content (AvgIpc) is 2.92. The topological polar surface area (TPSA) is 115 Å². The fraction of sp³-hybridized carbons (Fsp3) is 0.375. The van der Waals surface area contributed by atoms with Crippen molar-refractivity contribution in [1.82, 2.24) is 25.1 Å². The maximum Gasteiger partial charge on any atom is 0.407 e. The Kier molecular flexibility index (Phi) is 2.88. The molecule has 3 atom stereocenters. The number of fused-ring (bicyclic) bond motifs is 2. The zero-order valence-corrected chi connectivity index (χ0v) is 14.1. The molecule has 0 aromatic carbocycles. The van der Waals surface area contributed by atoms with Crippen LogP contribution in [0.25, 0.3) is 20.7 Å². The quantitative estimate of drug-likeness (QED) is 0.651. The lowest BCUT2D eigenvalue weighted by Crippen LogP contribution is -2.33. The van der Waals surface area contributed by atoms with Crippen LogP contribution in [-0.4, -0.2) is 42.8 Å². The first-order valence-electron chi connectivity index (χ1n) is 8.06. The molecule has 1 amide bonds. The molecule has 5 rings (SSSR count). The average molecular weight is 357 g/mol. The summed E-state index contributed by atoms with van der Waals surface area (Å²) in [7, 11) is 0. The molecule has 2 fully saturated rings. The summed E-state index contributed by atoms with van der Waals surface area (Å²) in [6.07, 6.45) is 1.77. The van der Waals surface area contributed by atoms with E-state index in [2.05, 4.69) is 20.2 Å². The summed E-state index contributed by atoms with van der Waals surface area (Å²) in [6, 6.07) is 1.53. The van der Waals surface area contributed by atoms with Crippen LogP contribution in [-0.2, 0) is 0 Å². The molecule has 128 valence electrons. The van der Waals surface area contributed by atoms with Gasteiger partial charge >= 0.3 is 6.09 Å². The number of amides is 1. The minimum absolute atomic E-state index is 0.216. The van der Waals surface area contributed by atoms with Crippen molar-refractivity contribution in [3.63, 3.8) is 0 Å². The molecule has 8 nitrogen and oxygen atoms in total. The fourth-order valence-corrected chi connectivity index (χ4v) is 4.90. The molecule has 2 aliphatic rings. The second-order valence-electron chi connectivity index (χ2n) is 6.72. The van der Waals surface area contributed by atoms with Crippen molar-refractivity contribution in [2.75, 3.05) is 6.54 Å². The number of thiophene rings is 1. The number of H-pyrrole nitrogens is 2. The first-order valence-corrected chi connectivity index (χ1v) is 8.88. The van der Waals surface area contributed by atoms with Gasteiger partial charge in [0, 0.05) is 22.7 Å². The van der Waals surface area contributed by atoms with E-state index in [0.717, 1.165) is 22.6 Å². The zero-order valence-electron chi connectivity index (χ0n) is 13.3. The van der Waals surface area contributed by atoms with Crippen molar-refractivity contribution in [3.8, 4) is 10.4 Å². The molecule has 1 aliphatic carbocycles. The molecule has 4 heterocycles. The molecular formula is C16H15N5O3S. The fourth-order valence-electron chi connectivity index (χ4n) is 3.84. The maximum absolute atomic E-state index is 12.5. The first kappa shape index (κ1) is 14.6. The minimum atomic E-state index is -0.958. The number of likely N-dealkylation sites (tertiary alicyclic amines) is 1. The molecule has 1 aliphatic heterocycles. The van der Waals surface area contributed by atoms with Crippen molar-refractivity contribution >= 4 is 27.6 Å². The van der Waals surface area contributed by atoms with Crippen molar-refractivity contribution in [2.24, 2.45) is 11.8 Å². The van der Waals surface area contributed by atoms with Gasteiger partial charge < -0.3 is 10.1 Å². The maximum atomic E-state index is 12.5. The third-order valence-corrected chi connectivity index (χ3v) is 6.33. The van der Waals surface area contributed by atoms with E-state index in [1.54, 1.807) is 6.20 Å². The molecule has 3 aromatic heterocycles. The molecule has 0 radical (unpaired) electrons. The van der Waals surface area contributed by atoms with Crippen LogP contribution < -0.4 is 5.56 Å². The summed E-state index contributed by atoms with van der Waals surface area (Å²) in [4.78, 5) is 33.8. The van der Waals surface area contributed by atoms with Crippen molar-refractivity contribution in [1.29, 1.82) is 0 Å². The lowest BCUT2D eigenvalue weighted by atomic mass is 10.1. The summed E-state index contributed by atoms with van der Waals surface area (Å²) in [5, 5.41) is 16.3. The van der Waals surface area contributed by atoms with Crippen LogP contribution in [0.3, 0.4) is 0 Å². The Bertz CT molecular complexity index is 1070. The first-order chi connectivity index (χ1) is 12.0. The normalized spacial score (nSPS) is 24.7. The Hall–Kier alpha value is -2.68. The smallest absolute Gasteiger partial charge is 0.407 e. The molecule has 3 N–H and O–H groups in total. The molecule has 25 heavy (non-hydrogen) atoms. The molecule has 0 spiro atoms. The van der Waals surface area contributed by atoms with E-state index in [1.807, 2.05) is 13.0 Å². The summed E-state index contributed by atoms with van der Waals surface area (Å²) >= 11 is 1.37. The van der Waals surface area contributed by atoms with Gasteiger partial charge in [-0.15, -0.1) is 11.3 Å². The number of aromatic nitrogens is 4. The highest BCUT2D eigenvalue weighted by Gasteiger charge is 2.55. The predicted octanol–water partition coefficient (Wildman–Crippen LogP) is 2.35. The van der Waals surface area contributed by atoms with Gasteiger partial charge in [-0.2, -0.15) is 5.10 Å². The summed E-state index contributed by atoms with van der Waals surface area (Å²) in [5.41, 5.74) is 2.26. The molecule has 1 saturated heterocycles. The van der Waals surface area contributed by atoms with Crippen LogP contribution in [0.5, 0.6) is 0 Å². The van der Waals surface area contributed by atoms with Crippen LogP contribution in [0.15, 0.2) is 17.1 Å². The summed E-state index contributed by atoms with van der Waals surface area (Å²) in [5.74, 6) is 1.12. The summed E-state index contributed by atoms with van der Waals surface area (Å²) < 4.78 is 0.548. The monoisotopic (exact) mass is 357 g/mol. The van der Waals surface area contributed by atoms with E-state index < -0.39 is 6.09 Å². The Labute approximate surface area is 145 Å². The standard InChI is InChI=1S/C16H15N5O3S/c1-6-9(4-17-20-6)11-3-10-13(25-11)15(22)19-14(18-10)12-8-2-7(8)5-21(12)16(23)24/h3-4,7-8,12H,2,5H2,1H3,(H,17,20)(H,23,24)(H,18,19,22)/t7-,8-,12+/m0/s1. The Morgan fingerprint density at radius 3 is 3.04 bits per heavy atom. The van der Waals surface area contributed by atoms with Gasteiger partial charge in [-0.25, -0.2) is 9.78 Å². The molecule has 0 bridgehead atoms. The number of piperidine rings is 1. The lowest BCUT2D eigenvalue weighted by molar-refractivity contribution is 0.129. The number of rotatable bonds is 2. The second-order valence-corrected chi connectivity index (χ2v) is 7.78. The highest BCUT2D eigenvalue weighted by molar-refractivity contribution is 7.22. The number of carboxylic acid groups (broad SMARTS) is 1. The number of aromatic amines is 2. The van der Waals surface area contributed by atoms with Crippen molar-refractivity contribution in [2.45, 2.75) is 19.4 Å². The van der Waals surface area contributed by atoms with Gasteiger partial charge in [0.05, 0.1) is 17.8 Å². The van der Waals surface area contributed by atoms with Crippen LogP contribution >= 0.6 is 11.3 Å². The van der Waals surface area contributed by atoms with Gasteiger partial charge in [0.1, 0.15) is 10.5 Å². The van der Waals surface area contributed by atoms with Gasteiger partial charge in [0.25, 0.3) is 5.56 Å². The number of nitrogens with zero attached hydrogens (tertiary/aromatic N) is 3. The Morgan fingerprint density at radius 2 is 2.32 bits per heavy atom. The largest absolute Gasteiger partial charge is 0.465 e. The molecular weight excluding hydrogens is 342 g/mol. The zero-order chi connectivity index (χ0) is 17.3. The number of hydrogen-bond donors (Lipinski definition) is 3. The molecule has 9 heteroatoms. The Balaban J connectivity index is 1.63. The summed E-state index contributed by atoms with van der Waals surface area (Å²) in [6.45, 7) is 2.45. The molecule has 3 aromatic rings.